The SMILES string of the molecule is COC(=O)Cn1c(SCC(=O)O)nc2cc(OC)ccc21. The monoisotopic (exact) mass is 310 g/mol. The van der Waals surface area contributed by atoms with E-state index in [1.165, 1.54) is 7.11 Å². The van der Waals surface area contributed by atoms with Gasteiger partial charge in [-0.25, -0.2) is 4.98 Å². The van der Waals surface area contributed by atoms with Crippen LogP contribution in [0.1, 0.15) is 0 Å². The normalized spacial score (nSPS) is 10.6. The molecule has 0 unspecified atom stereocenters. The van der Waals surface area contributed by atoms with Gasteiger partial charge in [-0.2, -0.15) is 0 Å². The van der Waals surface area contributed by atoms with Gasteiger partial charge in [0.15, 0.2) is 5.16 Å². The summed E-state index contributed by atoms with van der Waals surface area (Å²) in [6.07, 6.45) is 0. The standard InChI is InChI=1S/C13H14N2O5S/c1-19-8-3-4-10-9(5-8)14-13(21-7-11(16)17)15(10)6-12(18)20-2/h3-5H,6-7H2,1-2H3,(H,16,17). The Morgan fingerprint density at radius 2 is 2.14 bits per heavy atom. The van der Waals surface area contributed by atoms with E-state index in [2.05, 4.69) is 9.72 Å². The molecule has 0 fully saturated rings. The highest BCUT2D eigenvalue weighted by Gasteiger charge is 2.16. The maximum Gasteiger partial charge on any atom is 0.325 e. The Kier molecular flexibility index (Phi) is 4.69. The first kappa shape index (κ1) is 15.2. The van der Waals surface area contributed by atoms with Gasteiger partial charge < -0.3 is 19.1 Å². The number of hydrogen-bond donors (Lipinski definition) is 1. The van der Waals surface area contributed by atoms with Crippen molar-refractivity contribution in [3.05, 3.63) is 18.2 Å². The molecule has 0 bridgehead atoms. The molecule has 0 aliphatic heterocycles. The topological polar surface area (TPSA) is 90.7 Å². The van der Waals surface area contributed by atoms with Crippen molar-refractivity contribution in [2.24, 2.45) is 0 Å². The highest BCUT2D eigenvalue weighted by molar-refractivity contribution is 7.99. The first-order valence-electron chi connectivity index (χ1n) is 6.01. The van der Waals surface area contributed by atoms with Gasteiger partial charge in [0, 0.05) is 6.07 Å². The van der Waals surface area contributed by atoms with E-state index in [0.29, 0.717) is 21.9 Å². The number of nitrogens with zero attached hydrogens (tertiary/aromatic N) is 2. The summed E-state index contributed by atoms with van der Waals surface area (Å²) in [5.41, 5.74) is 1.35. The van der Waals surface area contributed by atoms with Crippen LogP contribution >= 0.6 is 11.8 Å². The largest absolute Gasteiger partial charge is 0.497 e. The summed E-state index contributed by atoms with van der Waals surface area (Å²) in [6, 6.07) is 5.26. The highest BCUT2D eigenvalue weighted by atomic mass is 32.2. The first-order valence-corrected chi connectivity index (χ1v) is 6.99. The number of thioether (sulfide) groups is 1. The van der Waals surface area contributed by atoms with Crippen LogP contribution in [0.2, 0.25) is 0 Å². The summed E-state index contributed by atoms with van der Waals surface area (Å²) in [5.74, 6) is -0.877. The van der Waals surface area contributed by atoms with Crippen LogP contribution in [-0.2, 0) is 20.9 Å². The Hall–Kier alpha value is -2.22. The van der Waals surface area contributed by atoms with Gasteiger partial charge in [-0.15, -0.1) is 0 Å². The molecule has 0 aliphatic rings. The number of esters is 1. The summed E-state index contributed by atoms with van der Waals surface area (Å²) in [4.78, 5) is 26.6. The number of fused-ring (bicyclic) bond motifs is 1. The maximum absolute atomic E-state index is 11.5. The second kappa shape index (κ2) is 6.49. The Morgan fingerprint density at radius 1 is 1.38 bits per heavy atom. The molecule has 7 nitrogen and oxygen atoms in total. The van der Waals surface area contributed by atoms with Crippen molar-refractivity contribution in [2.75, 3.05) is 20.0 Å². The Labute approximate surface area is 124 Å². The molecular formula is C13H14N2O5S. The van der Waals surface area contributed by atoms with E-state index in [9.17, 15) is 9.59 Å². The van der Waals surface area contributed by atoms with Gasteiger partial charge in [0.05, 0.1) is 31.0 Å². The van der Waals surface area contributed by atoms with Crippen molar-refractivity contribution in [3.8, 4) is 5.75 Å². The lowest BCUT2D eigenvalue weighted by atomic mass is 10.3. The van der Waals surface area contributed by atoms with E-state index >= 15 is 0 Å². The fourth-order valence-electron chi connectivity index (χ4n) is 1.80. The number of methoxy groups -OCH3 is 2. The number of benzene rings is 1. The number of hydrogen-bond acceptors (Lipinski definition) is 6. The van der Waals surface area contributed by atoms with Crippen molar-refractivity contribution >= 4 is 34.7 Å². The van der Waals surface area contributed by atoms with Gasteiger partial charge in [0.25, 0.3) is 0 Å². The molecule has 8 heteroatoms. The molecule has 0 saturated heterocycles. The minimum atomic E-state index is -0.950. The number of imidazole rings is 1. The van der Waals surface area contributed by atoms with Gasteiger partial charge >= 0.3 is 11.9 Å². The molecular weight excluding hydrogens is 296 g/mol. The van der Waals surface area contributed by atoms with Gasteiger partial charge in [-0.1, -0.05) is 11.8 Å². The van der Waals surface area contributed by atoms with Crippen molar-refractivity contribution < 1.29 is 24.2 Å². The molecule has 0 spiro atoms. The van der Waals surface area contributed by atoms with E-state index in [4.69, 9.17) is 9.84 Å². The molecule has 0 saturated carbocycles. The Balaban J connectivity index is 2.45. The summed E-state index contributed by atoms with van der Waals surface area (Å²) >= 11 is 1.05. The molecule has 1 aromatic heterocycles. The molecule has 1 N–H and O–H groups in total. The van der Waals surface area contributed by atoms with E-state index in [1.807, 2.05) is 0 Å². The highest BCUT2D eigenvalue weighted by Crippen LogP contribution is 2.27. The van der Waals surface area contributed by atoms with Crippen LogP contribution in [0.15, 0.2) is 23.4 Å². The fraction of sp³-hybridized carbons (Fsp3) is 0.308. The molecule has 0 atom stereocenters. The van der Waals surface area contributed by atoms with E-state index in [-0.39, 0.29) is 12.3 Å². The minimum Gasteiger partial charge on any atom is -0.497 e. The molecule has 21 heavy (non-hydrogen) atoms. The van der Waals surface area contributed by atoms with Crippen LogP contribution in [0, 0.1) is 0 Å². The average molecular weight is 310 g/mol. The van der Waals surface area contributed by atoms with E-state index in [1.54, 1.807) is 29.9 Å². The van der Waals surface area contributed by atoms with Crippen LogP contribution in [0.3, 0.4) is 0 Å². The molecule has 2 rings (SSSR count). The summed E-state index contributed by atoms with van der Waals surface area (Å²) < 4.78 is 11.4. The van der Waals surface area contributed by atoms with Gasteiger partial charge in [0.1, 0.15) is 12.3 Å². The van der Waals surface area contributed by atoms with Crippen LogP contribution in [0.4, 0.5) is 0 Å². The van der Waals surface area contributed by atoms with Crippen LogP contribution in [0.25, 0.3) is 11.0 Å². The minimum absolute atomic E-state index is 0.0265. The van der Waals surface area contributed by atoms with Crippen molar-refractivity contribution in [1.82, 2.24) is 9.55 Å². The smallest absolute Gasteiger partial charge is 0.325 e. The predicted molar refractivity (Wildman–Crippen MR) is 76.7 cm³/mol. The zero-order valence-electron chi connectivity index (χ0n) is 11.5. The lowest BCUT2D eigenvalue weighted by Gasteiger charge is -2.06. The Morgan fingerprint density at radius 3 is 2.76 bits per heavy atom. The zero-order chi connectivity index (χ0) is 15.4. The lowest BCUT2D eigenvalue weighted by Crippen LogP contribution is -2.12. The second-order valence-electron chi connectivity index (χ2n) is 4.09. The third kappa shape index (κ3) is 3.46. The second-order valence-corrected chi connectivity index (χ2v) is 5.04. The average Bonchev–Trinajstić information content (AvgIpc) is 2.81. The summed E-state index contributed by atoms with van der Waals surface area (Å²) in [5, 5.41) is 9.23. The molecule has 0 aliphatic carbocycles. The van der Waals surface area contributed by atoms with Gasteiger partial charge in [-0.05, 0) is 12.1 Å². The third-order valence-corrected chi connectivity index (χ3v) is 3.72. The number of carbonyl (C=O) groups is 2. The first-order chi connectivity index (χ1) is 10.0. The number of aliphatic carboxylic acids is 1. The van der Waals surface area contributed by atoms with Gasteiger partial charge in [-0.3, -0.25) is 9.59 Å². The van der Waals surface area contributed by atoms with Crippen LogP contribution < -0.4 is 4.74 Å². The number of carbonyl (C=O) groups excluding carboxylic acids is 1. The molecule has 1 aromatic carbocycles. The van der Waals surface area contributed by atoms with E-state index < -0.39 is 11.9 Å². The zero-order valence-corrected chi connectivity index (χ0v) is 12.3. The van der Waals surface area contributed by atoms with Crippen LogP contribution in [-0.4, -0.2) is 46.6 Å². The summed E-state index contributed by atoms with van der Waals surface area (Å²) in [6.45, 7) is -0.0265. The lowest BCUT2D eigenvalue weighted by molar-refractivity contribution is -0.141. The van der Waals surface area contributed by atoms with Crippen LogP contribution in [0.5, 0.6) is 5.75 Å². The number of aromatic nitrogens is 2. The Bertz CT molecular complexity index is 682. The fourth-order valence-corrected chi connectivity index (χ4v) is 2.53. The van der Waals surface area contributed by atoms with Crippen molar-refractivity contribution in [2.45, 2.75) is 11.7 Å². The summed E-state index contributed by atoms with van der Waals surface area (Å²) in [7, 11) is 2.85. The van der Waals surface area contributed by atoms with Crippen molar-refractivity contribution in [1.29, 1.82) is 0 Å². The predicted octanol–water partition coefficient (Wildman–Crippen LogP) is 1.39. The number of ether oxygens (including phenoxy) is 2. The molecule has 0 radical (unpaired) electrons. The van der Waals surface area contributed by atoms with Crippen molar-refractivity contribution in [3.63, 3.8) is 0 Å². The number of carboxylic acids is 1. The third-order valence-electron chi connectivity index (χ3n) is 2.76. The molecule has 1 heterocycles. The number of carboxylic acid groups (broad SMARTS) is 1. The molecule has 0 amide bonds. The number of rotatable bonds is 6. The quantitative estimate of drug-likeness (QED) is 0.637. The maximum atomic E-state index is 11.5. The molecule has 2 aromatic rings. The van der Waals surface area contributed by atoms with E-state index in [0.717, 1.165) is 11.8 Å². The van der Waals surface area contributed by atoms with Gasteiger partial charge in [0.2, 0.25) is 0 Å². The molecule has 112 valence electrons.